The Kier molecular flexibility index (Phi) is 4.96. The van der Waals surface area contributed by atoms with E-state index in [1.807, 2.05) is 44.4 Å². The number of hydrogen-bond donors (Lipinski definition) is 1. The SMILES string of the molecule is CN(C)CCCNC(=O)[C@]1(C)CC(c2ccccc2)=NO1. The number of rotatable bonds is 6. The molecule has 1 aromatic carbocycles. The fourth-order valence-electron chi connectivity index (χ4n) is 2.23. The highest BCUT2D eigenvalue weighted by molar-refractivity contribution is 6.05. The first kappa shape index (κ1) is 15.5. The Morgan fingerprint density at radius 1 is 1.38 bits per heavy atom. The van der Waals surface area contributed by atoms with Gasteiger partial charge in [0.05, 0.1) is 5.71 Å². The van der Waals surface area contributed by atoms with Crippen LogP contribution >= 0.6 is 0 Å². The quantitative estimate of drug-likeness (QED) is 0.810. The van der Waals surface area contributed by atoms with Gasteiger partial charge in [-0.1, -0.05) is 35.5 Å². The maximum atomic E-state index is 12.3. The molecule has 0 radical (unpaired) electrons. The van der Waals surface area contributed by atoms with Crippen molar-refractivity contribution in [1.82, 2.24) is 10.2 Å². The number of carbonyl (C=O) groups is 1. The van der Waals surface area contributed by atoms with Crippen LogP contribution in [0, 0.1) is 0 Å². The standard InChI is InChI=1S/C16H23N3O2/c1-16(15(20)17-10-7-11-19(2)3)12-14(18-21-16)13-8-5-4-6-9-13/h4-6,8-9H,7,10-12H2,1-3H3,(H,17,20)/t16-/m0/s1. The van der Waals surface area contributed by atoms with E-state index in [-0.39, 0.29) is 5.91 Å². The molecule has 1 aromatic rings. The molecule has 0 saturated heterocycles. The van der Waals surface area contributed by atoms with E-state index in [4.69, 9.17) is 4.84 Å². The van der Waals surface area contributed by atoms with Gasteiger partial charge in [0.1, 0.15) is 0 Å². The van der Waals surface area contributed by atoms with Crippen molar-refractivity contribution in [3.8, 4) is 0 Å². The third-order valence-electron chi connectivity index (χ3n) is 3.52. The maximum Gasteiger partial charge on any atom is 0.267 e. The van der Waals surface area contributed by atoms with E-state index in [0.29, 0.717) is 13.0 Å². The molecule has 2 rings (SSSR count). The van der Waals surface area contributed by atoms with Gasteiger partial charge in [-0.3, -0.25) is 4.79 Å². The molecule has 1 aliphatic heterocycles. The minimum atomic E-state index is -0.900. The topological polar surface area (TPSA) is 53.9 Å². The van der Waals surface area contributed by atoms with Crippen LogP contribution in [0.3, 0.4) is 0 Å². The Morgan fingerprint density at radius 3 is 2.76 bits per heavy atom. The number of oxime groups is 1. The summed E-state index contributed by atoms with van der Waals surface area (Å²) in [4.78, 5) is 19.8. The first-order valence-corrected chi connectivity index (χ1v) is 7.25. The van der Waals surface area contributed by atoms with Gasteiger partial charge in [0.15, 0.2) is 0 Å². The zero-order chi connectivity index (χ0) is 15.3. The molecule has 0 spiro atoms. The molecule has 5 nitrogen and oxygen atoms in total. The molecule has 1 atom stereocenters. The minimum Gasteiger partial charge on any atom is -0.379 e. The zero-order valence-electron chi connectivity index (χ0n) is 12.9. The van der Waals surface area contributed by atoms with Crippen LogP contribution in [0.4, 0.5) is 0 Å². The molecule has 21 heavy (non-hydrogen) atoms. The van der Waals surface area contributed by atoms with Crippen molar-refractivity contribution in [2.75, 3.05) is 27.2 Å². The minimum absolute atomic E-state index is 0.101. The van der Waals surface area contributed by atoms with E-state index in [1.165, 1.54) is 0 Å². The van der Waals surface area contributed by atoms with Gasteiger partial charge in [-0.05, 0) is 39.5 Å². The summed E-state index contributed by atoms with van der Waals surface area (Å²) >= 11 is 0. The van der Waals surface area contributed by atoms with Crippen LogP contribution in [-0.2, 0) is 9.63 Å². The van der Waals surface area contributed by atoms with Gasteiger partial charge in [0, 0.05) is 13.0 Å². The van der Waals surface area contributed by atoms with Gasteiger partial charge in [-0.15, -0.1) is 0 Å². The summed E-state index contributed by atoms with van der Waals surface area (Å²) in [5, 5.41) is 7.01. The first-order valence-electron chi connectivity index (χ1n) is 7.25. The molecule has 1 amide bonds. The Hall–Kier alpha value is -1.88. The summed E-state index contributed by atoms with van der Waals surface area (Å²) in [5.74, 6) is -0.101. The lowest BCUT2D eigenvalue weighted by Crippen LogP contribution is -2.45. The molecule has 0 fully saturated rings. The van der Waals surface area contributed by atoms with Crippen molar-refractivity contribution in [2.24, 2.45) is 5.16 Å². The first-order chi connectivity index (χ1) is 10.0. The number of amides is 1. The lowest BCUT2D eigenvalue weighted by molar-refractivity contribution is -0.141. The van der Waals surface area contributed by atoms with Gasteiger partial charge in [0.25, 0.3) is 5.91 Å². The average molecular weight is 289 g/mol. The largest absolute Gasteiger partial charge is 0.379 e. The second kappa shape index (κ2) is 6.72. The lowest BCUT2D eigenvalue weighted by Gasteiger charge is -2.20. The molecular formula is C16H23N3O2. The van der Waals surface area contributed by atoms with E-state index in [2.05, 4.69) is 15.4 Å². The van der Waals surface area contributed by atoms with Gasteiger partial charge in [-0.25, -0.2) is 0 Å². The third kappa shape index (κ3) is 4.04. The van der Waals surface area contributed by atoms with Crippen LogP contribution in [0.5, 0.6) is 0 Å². The highest BCUT2D eigenvalue weighted by atomic mass is 16.7. The molecule has 0 aromatic heterocycles. The molecular weight excluding hydrogens is 266 g/mol. The van der Waals surface area contributed by atoms with Gasteiger partial charge >= 0.3 is 0 Å². The van der Waals surface area contributed by atoms with E-state index in [0.717, 1.165) is 24.2 Å². The Bertz CT molecular complexity index is 514. The summed E-state index contributed by atoms with van der Waals surface area (Å²) in [6.45, 7) is 3.38. The van der Waals surface area contributed by atoms with Gasteiger partial charge in [0.2, 0.25) is 5.60 Å². The van der Waals surface area contributed by atoms with Crippen LogP contribution in [0.2, 0.25) is 0 Å². The maximum absolute atomic E-state index is 12.3. The molecule has 0 unspecified atom stereocenters. The molecule has 1 N–H and O–H groups in total. The van der Waals surface area contributed by atoms with Gasteiger partial charge in [-0.2, -0.15) is 0 Å². The Labute approximate surface area is 126 Å². The summed E-state index contributed by atoms with van der Waals surface area (Å²) in [7, 11) is 4.03. The number of nitrogens with one attached hydrogen (secondary N) is 1. The molecule has 5 heteroatoms. The fourth-order valence-corrected chi connectivity index (χ4v) is 2.23. The smallest absolute Gasteiger partial charge is 0.267 e. The van der Waals surface area contributed by atoms with Crippen molar-refractivity contribution in [3.63, 3.8) is 0 Å². The predicted octanol–water partition coefficient (Wildman–Crippen LogP) is 1.64. The summed E-state index contributed by atoms with van der Waals surface area (Å²) < 4.78 is 0. The van der Waals surface area contributed by atoms with Crippen LogP contribution in [0.1, 0.15) is 25.3 Å². The van der Waals surface area contributed by atoms with E-state index in [9.17, 15) is 4.79 Å². The molecule has 0 saturated carbocycles. The number of benzene rings is 1. The van der Waals surface area contributed by atoms with Crippen molar-refractivity contribution in [3.05, 3.63) is 35.9 Å². The summed E-state index contributed by atoms with van der Waals surface area (Å²) in [5.41, 5.74) is 0.923. The fraction of sp³-hybridized carbons (Fsp3) is 0.500. The number of nitrogens with zero attached hydrogens (tertiary/aromatic N) is 2. The van der Waals surface area contributed by atoms with Crippen LogP contribution in [0.25, 0.3) is 0 Å². The third-order valence-corrected chi connectivity index (χ3v) is 3.52. The Balaban J connectivity index is 1.86. The van der Waals surface area contributed by atoms with Crippen molar-refractivity contribution >= 4 is 11.6 Å². The second-order valence-corrected chi connectivity index (χ2v) is 5.82. The van der Waals surface area contributed by atoms with Crippen molar-refractivity contribution in [2.45, 2.75) is 25.4 Å². The Morgan fingerprint density at radius 2 is 2.10 bits per heavy atom. The summed E-state index contributed by atoms with van der Waals surface area (Å²) in [6.07, 6.45) is 1.41. The van der Waals surface area contributed by atoms with Crippen LogP contribution in [-0.4, -0.2) is 49.3 Å². The molecule has 1 aliphatic rings. The highest BCUT2D eigenvalue weighted by Crippen LogP contribution is 2.26. The number of hydrogen-bond acceptors (Lipinski definition) is 4. The zero-order valence-corrected chi connectivity index (χ0v) is 12.9. The monoisotopic (exact) mass is 289 g/mol. The molecule has 0 bridgehead atoms. The average Bonchev–Trinajstić information content (AvgIpc) is 2.88. The van der Waals surface area contributed by atoms with E-state index in [1.54, 1.807) is 6.92 Å². The van der Waals surface area contributed by atoms with Crippen LogP contribution in [0.15, 0.2) is 35.5 Å². The van der Waals surface area contributed by atoms with E-state index < -0.39 is 5.60 Å². The van der Waals surface area contributed by atoms with E-state index >= 15 is 0 Å². The van der Waals surface area contributed by atoms with Crippen molar-refractivity contribution < 1.29 is 9.63 Å². The lowest BCUT2D eigenvalue weighted by atomic mass is 9.95. The van der Waals surface area contributed by atoms with Gasteiger partial charge < -0.3 is 15.1 Å². The van der Waals surface area contributed by atoms with Crippen molar-refractivity contribution in [1.29, 1.82) is 0 Å². The normalized spacial score (nSPS) is 21.0. The van der Waals surface area contributed by atoms with Crippen LogP contribution < -0.4 is 5.32 Å². The molecule has 0 aliphatic carbocycles. The highest BCUT2D eigenvalue weighted by Gasteiger charge is 2.41. The number of carbonyl (C=O) groups excluding carboxylic acids is 1. The second-order valence-electron chi connectivity index (χ2n) is 5.82. The molecule has 114 valence electrons. The summed E-state index contributed by atoms with van der Waals surface area (Å²) in [6, 6.07) is 9.81. The predicted molar refractivity (Wildman–Crippen MR) is 83.3 cm³/mol. The molecule has 1 heterocycles.